The van der Waals surface area contributed by atoms with Crippen LogP contribution in [-0.2, 0) is 0 Å². The molecule has 2 aromatic rings. The van der Waals surface area contributed by atoms with Crippen molar-refractivity contribution in [2.24, 2.45) is 20.7 Å². The van der Waals surface area contributed by atoms with Gasteiger partial charge in [0.1, 0.15) is 36.6 Å². The van der Waals surface area contributed by atoms with Crippen molar-refractivity contribution in [1.29, 1.82) is 5.26 Å². The summed E-state index contributed by atoms with van der Waals surface area (Å²) in [7, 11) is 0. The zero-order chi connectivity index (χ0) is 20.9. The summed E-state index contributed by atoms with van der Waals surface area (Å²) in [6.45, 7) is -0.125. The third-order valence-corrected chi connectivity index (χ3v) is 4.11. The summed E-state index contributed by atoms with van der Waals surface area (Å²) >= 11 is 0. The van der Waals surface area contributed by atoms with Gasteiger partial charge in [-0.25, -0.2) is 0 Å². The van der Waals surface area contributed by atoms with Crippen LogP contribution in [-0.4, -0.2) is 24.4 Å². The Morgan fingerprint density at radius 3 is 2.48 bits per heavy atom. The van der Waals surface area contributed by atoms with Gasteiger partial charge in [0.05, 0.1) is 17.2 Å². The first kappa shape index (κ1) is 22.5. The Bertz CT molecular complexity index is 1110. The first-order valence-corrected chi connectivity index (χ1v) is 8.84. The van der Waals surface area contributed by atoms with E-state index in [-0.39, 0.29) is 77.2 Å². The number of nitriles is 1. The van der Waals surface area contributed by atoms with Crippen LogP contribution >= 0.6 is 0 Å². The van der Waals surface area contributed by atoms with Crippen molar-refractivity contribution in [3.63, 3.8) is 0 Å². The molecule has 0 aliphatic carbocycles. The van der Waals surface area contributed by atoms with Gasteiger partial charge in [-0.3, -0.25) is 0 Å². The molecule has 11 heteroatoms. The Morgan fingerprint density at radius 1 is 1.06 bits per heavy atom. The van der Waals surface area contributed by atoms with Gasteiger partial charge in [0.2, 0.25) is 5.82 Å². The quantitative estimate of drug-likeness (QED) is 0.614. The van der Waals surface area contributed by atoms with Crippen LogP contribution in [0.15, 0.2) is 80.8 Å². The average Bonchev–Trinajstić information content (AvgIpc) is 3.31. The molecular formula is C20H14N5NaO5. The Morgan fingerprint density at radius 2 is 1.77 bits per heavy atom. The van der Waals surface area contributed by atoms with Gasteiger partial charge in [0.15, 0.2) is 5.76 Å². The van der Waals surface area contributed by atoms with E-state index < -0.39 is 6.10 Å². The molecule has 150 valence electrons. The zero-order valence-electron chi connectivity index (χ0n) is 16.4. The van der Waals surface area contributed by atoms with Gasteiger partial charge in [0, 0.05) is 0 Å². The van der Waals surface area contributed by atoms with Crippen molar-refractivity contribution in [2.75, 3.05) is 13.2 Å². The van der Waals surface area contributed by atoms with Crippen LogP contribution in [0.1, 0.15) is 11.1 Å². The second-order valence-corrected chi connectivity index (χ2v) is 6.22. The summed E-state index contributed by atoms with van der Waals surface area (Å²) in [5.74, 6) is 0.967. The maximum atomic E-state index is 12.6. The van der Waals surface area contributed by atoms with Crippen molar-refractivity contribution >= 4 is 5.76 Å². The molecule has 1 atom stereocenters. The molecule has 1 N–H and O–H groups in total. The second kappa shape index (κ2) is 10.2. The fraction of sp³-hybridized carbons (Fsp3) is 0.150. The van der Waals surface area contributed by atoms with Crippen LogP contribution in [0, 0.1) is 11.3 Å². The van der Waals surface area contributed by atoms with Crippen LogP contribution in [0.2, 0.25) is 0 Å². The van der Waals surface area contributed by atoms with Gasteiger partial charge in [-0.15, -0.1) is 10.2 Å². The maximum absolute atomic E-state index is 12.6. The van der Waals surface area contributed by atoms with Crippen molar-refractivity contribution < 1.29 is 54.0 Å². The molecule has 0 bridgehead atoms. The SMILES string of the molecule is N#Cc1ccc(OCC(O)COc2cccc3c2C([O-])=CC(=C2N=NN=N2)O3)cc1.[Na+]. The molecule has 0 amide bonds. The van der Waals surface area contributed by atoms with Gasteiger partial charge in [-0.1, -0.05) is 11.8 Å². The fourth-order valence-corrected chi connectivity index (χ4v) is 2.70. The first-order chi connectivity index (χ1) is 14.6. The predicted octanol–water partition coefficient (Wildman–Crippen LogP) is -0.523. The molecule has 31 heavy (non-hydrogen) atoms. The Labute approximate surface area is 199 Å². The van der Waals surface area contributed by atoms with E-state index >= 15 is 0 Å². The summed E-state index contributed by atoms with van der Waals surface area (Å²) < 4.78 is 16.8. The molecule has 4 rings (SSSR count). The molecule has 0 spiro atoms. The molecule has 2 aliphatic heterocycles. The van der Waals surface area contributed by atoms with E-state index in [1.807, 2.05) is 6.07 Å². The molecule has 0 saturated heterocycles. The number of benzene rings is 2. The van der Waals surface area contributed by atoms with Crippen LogP contribution in [0.25, 0.3) is 5.76 Å². The van der Waals surface area contributed by atoms with Crippen molar-refractivity contribution in [3.8, 4) is 23.3 Å². The number of aliphatic hydroxyl groups is 1. The van der Waals surface area contributed by atoms with Crippen molar-refractivity contribution in [3.05, 3.63) is 71.2 Å². The van der Waals surface area contributed by atoms with Gasteiger partial charge < -0.3 is 24.4 Å². The van der Waals surface area contributed by atoms with Crippen LogP contribution in [0.4, 0.5) is 0 Å². The Balaban J connectivity index is 0.00000272. The third-order valence-electron chi connectivity index (χ3n) is 4.11. The number of nitrogens with zero attached hydrogens (tertiary/aromatic N) is 5. The van der Waals surface area contributed by atoms with Crippen molar-refractivity contribution in [2.45, 2.75) is 6.10 Å². The Kier molecular flexibility index (Phi) is 7.38. The monoisotopic (exact) mass is 427 g/mol. The summed E-state index contributed by atoms with van der Waals surface area (Å²) in [5.41, 5.74) is 0.746. The van der Waals surface area contributed by atoms with E-state index in [4.69, 9.17) is 19.5 Å². The molecule has 0 aromatic heterocycles. The van der Waals surface area contributed by atoms with E-state index in [9.17, 15) is 10.2 Å². The summed E-state index contributed by atoms with van der Waals surface area (Å²) in [6.07, 6.45) is 0.287. The number of aliphatic hydroxyl groups excluding tert-OH is 1. The van der Waals surface area contributed by atoms with Crippen LogP contribution in [0.5, 0.6) is 17.2 Å². The standard InChI is InChI=1S/C20H15N5O5.Na/c21-9-12-4-6-14(7-5-12)28-10-13(26)11-29-16-2-1-3-17-19(16)15(27)8-18(30-17)20-22-24-25-23-20;/h1-8,13,26-27H,10-11H2;/q;+1/p-1. The number of fused-ring (bicyclic) bond motifs is 1. The molecule has 2 heterocycles. The summed E-state index contributed by atoms with van der Waals surface area (Å²) in [6, 6.07) is 13.4. The second-order valence-electron chi connectivity index (χ2n) is 6.22. The molecule has 2 aliphatic rings. The van der Waals surface area contributed by atoms with Gasteiger partial charge in [0.25, 0.3) is 0 Å². The molecule has 1 unspecified atom stereocenters. The summed E-state index contributed by atoms with van der Waals surface area (Å²) in [5, 5.41) is 45.6. The van der Waals surface area contributed by atoms with E-state index in [1.165, 1.54) is 6.08 Å². The van der Waals surface area contributed by atoms with Crippen LogP contribution in [0.3, 0.4) is 0 Å². The van der Waals surface area contributed by atoms with E-state index in [0.717, 1.165) is 0 Å². The number of ether oxygens (including phenoxy) is 3. The number of rotatable bonds is 6. The number of hydrogen-bond acceptors (Lipinski definition) is 10. The molecule has 10 nitrogen and oxygen atoms in total. The average molecular weight is 427 g/mol. The van der Waals surface area contributed by atoms with E-state index in [2.05, 4.69) is 20.7 Å². The maximum Gasteiger partial charge on any atom is 1.00 e. The molecule has 0 saturated carbocycles. The minimum Gasteiger partial charge on any atom is -0.872 e. The third kappa shape index (κ3) is 5.28. The fourth-order valence-electron chi connectivity index (χ4n) is 2.70. The topological polar surface area (TPSA) is 144 Å². The predicted molar refractivity (Wildman–Crippen MR) is 99.9 cm³/mol. The molecule has 0 radical (unpaired) electrons. The van der Waals surface area contributed by atoms with E-state index in [1.54, 1.807) is 42.5 Å². The van der Waals surface area contributed by atoms with Gasteiger partial charge >= 0.3 is 29.6 Å². The Hall–Kier alpha value is -3.23. The van der Waals surface area contributed by atoms with Gasteiger partial charge in [-0.05, 0) is 52.9 Å². The zero-order valence-corrected chi connectivity index (χ0v) is 18.4. The van der Waals surface area contributed by atoms with Gasteiger partial charge in [-0.2, -0.15) is 5.26 Å². The first-order valence-electron chi connectivity index (χ1n) is 8.84. The smallest absolute Gasteiger partial charge is 0.872 e. The molecular weight excluding hydrogens is 413 g/mol. The largest absolute Gasteiger partial charge is 1.00 e. The minimum atomic E-state index is -0.947. The molecule has 0 fully saturated rings. The minimum absolute atomic E-state index is 0. The summed E-state index contributed by atoms with van der Waals surface area (Å²) in [4.78, 5) is 0. The van der Waals surface area contributed by atoms with Crippen LogP contribution < -0.4 is 48.9 Å². The number of hydrogen-bond donors (Lipinski definition) is 1. The number of allylic oxidation sites excluding steroid dienone is 1. The van der Waals surface area contributed by atoms with E-state index in [0.29, 0.717) is 11.3 Å². The van der Waals surface area contributed by atoms with Crippen molar-refractivity contribution in [1.82, 2.24) is 0 Å². The normalized spacial score (nSPS) is 14.6. The molecule has 2 aromatic carbocycles.